The van der Waals surface area contributed by atoms with Crippen LogP contribution >= 0.6 is 11.8 Å². The lowest BCUT2D eigenvalue weighted by molar-refractivity contribution is -0.116. The summed E-state index contributed by atoms with van der Waals surface area (Å²) >= 11 is 1.46. The molecule has 2 aromatic carbocycles. The lowest BCUT2D eigenvalue weighted by Gasteiger charge is -2.34. The number of benzene rings is 2. The summed E-state index contributed by atoms with van der Waals surface area (Å²) in [5.41, 5.74) is 1.98. The summed E-state index contributed by atoms with van der Waals surface area (Å²) in [5.74, 6) is 1.25. The summed E-state index contributed by atoms with van der Waals surface area (Å²) in [6.45, 7) is 2.90. The second kappa shape index (κ2) is 11.1. The summed E-state index contributed by atoms with van der Waals surface area (Å²) in [7, 11) is 0. The fourth-order valence-corrected chi connectivity index (χ4v) is 5.62. The van der Waals surface area contributed by atoms with E-state index in [1.807, 2.05) is 53.4 Å². The first-order chi connectivity index (χ1) is 16.8. The smallest absolute Gasteiger partial charge is 0.237 e. The number of thioether (sulfide) groups is 1. The second-order valence-corrected chi connectivity index (χ2v) is 9.68. The lowest BCUT2D eigenvalue weighted by atomic mass is 9.93. The number of anilines is 2. The van der Waals surface area contributed by atoms with Gasteiger partial charge in [0.2, 0.25) is 11.9 Å². The number of hydrogen-bond acceptors (Lipinski definition) is 6. The van der Waals surface area contributed by atoms with Gasteiger partial charge in [-0.15, -0.1) is 10.2 Å². The van der Waals surface area contributed by atoms with E-state index >= 15 is 0 Å². The molecule has 2 heterocycles. The van der Waals surface area contributed by atoms with Gasteiger partial charge >= 0.3 is 0 Å². The Morgan fingerprint density at radius 1 is 0.941 bits per heavy atom. The molecule has 1 saturated carbocycles. The standard InChI is InChI=1S/C26H31N5O2S/c32-24(30(21-10-4-1-5-11-21)22-12-6-2-7-13-22)20-34-26-28-27-25(29-16-18-33-19-17-29)31(26)23-14-8-3-9-15-23/h1,3-5,8-11,14-15,22H,2,6-7,12-13,16-20H2. The van der Waals surface area contributed by atoms with Crippen LogP contribution in [0.3, 0.4) is 0 Å². The summed E-state index contributed by atoms with van der Waals surface area (Å²) in [5, 5.41) is 9.77. The Labute approximate surface area is 205 Å². The number of ether oxygens (including phenoxy) is 1. The number of carbonyl (C=O) groups is 1. The quantitative estimate of drug-likeness (QED) is 0.465. The van der Waals surface area contributed by atoms with Crippen molar-refractivity contribution < 1.29 is 9.53 Å². The van der Waals surface area contributed by atoms with Crippen LogP contribution in [0.1, 0.15) is 32.1 Å². The van der Waals surface area contributed by atoms with E-state index in [0.29, 0.717) is 19.0 Å². The van der Waals surface area contributed by atoms with Gasteiger partial charge in [0.15, 0.2) is 5.16 Å². The average molecular weight is 478 g/mol. The van der Waals surface area contributed by atoms with Crippen molar-refractivity contribution in [1.29, 1.82) is 0 Å². The topological polar surface area (TPSA) is 63.5 Å². The van der Waals surface area contributed by atoms with E-state index < -0.39 is 0 Å². The number of morpholine rings is 1. The highest BCUT2D eigenvalue weighted by atomic mass is 32.2. The monoisotopic (exact) mass is 477 g/mol. The average Bonchev–Trinajstić information content (AvgIpc) is 3.34. The summed E-state index contributed by atoms with van der Waals surface area (Å²) in [4.78, 5) is 17.8. The van der Waals surface area contributed by atoms with Crippen molar-refractivity contribution in [3.63, 3.8) is 0 Å². The third kappa shape index (κ3) is 5.13. The van der Waals surface area contributed by atoms with Gasteiger partial charge in [0.25, 0.3) is 0 Å². The molecule has 0 atom stereocenters. The third-order valence-electron chi connectivity index (χ3n) is 6.49. The molecular formula is C26H31N5O2S. The first-order valence-corrected chi connectivity index (χ1v) is 13.1. The van der Waals surface area contributed by atoms with E-state index in [1.165, 1.54) is 31.0 Å². The summed E-state index contributed by atoms with van der Waals surface area (Å²) in [6, 6.07) is 20.5. The van der Waals surface area contributed by atoms with Crippen LogP contribution in [-0.2, 0) is 9.53 Å². The Morgan fingerprint density at radius 3 is 2.32 bits per heavy atom. The Balaban J connectivity index is 1.39. The van der Waals surface area contributed by atoms with Gasteiger partial charge in [-0.25, -0.2) is 0 Å². The molecule has 0 N–H and O–H groups in total. The van der Waals surface area contributed by atoms with E-state index in [9.17, 15) is 4.79 Å². The SMILES string of the molecule is O=C(CSc1nnc(N2CCOCC2)n1-c1ccccc1)N(c1ccccc1)C1CCCCC1. The summed E-state index contributed by atoms with van der Waals surface area (Å²) < 4.78 is 7.59. The molecule has 7 nitrogen and oxygen atoms in total. The molecule has 8 heteroatoms. The van der Waals surface area contributed by atoms with Crippen molar-refractivity contribution in [3.8, 4) is 5.69 Å². The number of hydrogen-bond donors (Lipinski definition) is 0. The first kappa shape index (κ1) is 22.9. The van der Waals surface area contributed by atoms with Crippen molar-refractivity contribution in [2.45, 2.75) is 43.3 Å². The van der Waals surface area contributed by atoms with Crippen LogP contribution in [-0.4, -0.2) is 58.8 Å². The van der Waals surface area contributed by atoms with Crippen LogP contribution in [0.4, 0.5) is 11.6 Å². The lowest BCUT2D eigenvalue weighted by Crippen LogP contribution is -2.42. The Morgan fingerprint density at radius 2 is 1.62 bits per heavy atom. The van der Waals surface area contributed by atoms with Gasteiger partial charge in [-0.2, -0.15) is 0 Å². The molecule has 1 amide bonds. The molecule has 1 saturated heterocycles. The largest absolute Gasteiger partial charge is 0.378 e. The normalized spacial score (nSPS) is 17.0. The number of para-hydroxylation sites is 2. The molecule has 5 rings (SSSR count). The molecule has 34 heavy (non-hydrogen) atoms. The van der Waals surface area contributed by atoms with Gasteiger partial charge in [0, 0.05) is 24.8 Å². The minimum Gasteiger partial charge on any atom is -0.378 e. The zero-order valence-electron chi connectivity index (χ0n) is 19.4. The molecule has 2 aliphatic rings. The van der Waals surface area contributed by atoms with E-state index in [1.54, 1.807) is 0 Å². The van der Waals surface area contributed by atoms with E-state index in [4.69, 9.17) is 4.74 Å². The molecule has 178 valence electrons. The van der Waals surface area contributed by atoms with Gasteiger partial charge < -0.3 is 14.5 Å². The predicted octanol–water partition coefficient (Wildman–Crippen LogP) is 4.56. The Bertz CT molecular complexity index is 1060. The van der Waals surface area contributed by atoms with Crippen molar-refractivity contribution >= 4 is 29.3 Å². The molecule has 0 spiro atoms. The van der Waals surface area contributed by atoms with Gasteiger partial charge in [-0.1, -0.05) is 67.4 Å². The van der Waals surface area contributed by atoms with Gasteiger partial charge in [0.05, 0.1) is 24.7 Å². The van der Waals surface area contributed by atoms with Crippen LogP contribution in [0, 0.1) is 0 Å². The fourth-order valence-electron chi connectivity index (χ4n) is 4.81. The zero-order chi connectivity index (χ0) is 23.2. The molecule has 1 aromatic heterocycles. The number of amides is 1. The van der Waals surface area contributed by atoms with Crippen LogP contribution < -0.4 is 9.80 Å². The summed E-state index contributed by atoms with van der Waals surface area (Å²) in [6.07, 6.45) is 5.74. The maximum Gasteiger partial charge on any atom is 0.237 e. The highest BCUT2D eigenvalue weighted by Gasteiger charge is 2.28. The van der Waals surface area contributed by atoms with E-state index in [-0.39, 0.29) is 11.9 Å². The van der Waals surface area contributed by atoms with Gasteiger partial charge in [-0.3, -0.25) is 9.36 Å². The second-order valence-electron chi connectivity index (χ2n) is 8.73. The number of rotatable bonds is 7. The third-order valence-corrected chi connectivity index (χ3v) is 7.41. The van der Waals surface area contributed by atoms with Crippen LogP contribution in [0.15, 0.2) is 65.8 Å². The van der Waals surface area contributed by atoms with Crippen molar-refractivity contribution in [1.82, 2.24) is 14.8 Å². The Hall–Kier alpha value is -2.84. The van der Waals surface area contributed by atoms with Gasteiger partial charge in [-0.05, 0) is 37.1 Å². The maximum atomic E-state index is 13.6. The van der Waals surface area contributed by atoms with Crippen LogP contribution in [0.2, 0.25) is 0 Å². The molecule has 2 fully saturated rings. The first-order valence-electron chi connectivity index (χ1n) is 12.1. The van der Waals surface area contributed by atoms with Crippen LogP contribution in [0.25, 0.3) is 5.69 Å². The highest BCUT2D eigenvalue weighted by molar-refractivity contribution is 7.99. The number of aromatic nitrogens is 3. The molecule has 3 aromatic rings. The van der Waals surface area contributed by atoms with Crippen LogP contribution in [0.5, 0.6) is 0 Å². The molecule has 0 unspecified atom stereocenters. The molecular weight excluding hydrogens is 446 g/mol. The van der Waals surface area contributed by atoms with E-state index in [0.717, 1.165) is 48.4 Å². The number of carbonyl (C=O) groups excluding carboxylic acids is 1. The maximum absolute atomic E-state index is 13.6. The highest BCUT2D eigenvalue weighted by Crippen LogP contribution is 2.31. The fraction of sp³-hybridized carbons (Fsp3) is 0.423. The molecule has 0 radical (unpaired) electrons. The molecule has 0 bridgehead atoms. The van der Waals surface area contributed by atoms with Gasteiger partial charge in [0.1, 0.15) is 0 Å². The zero-order valence-corrected chi connectivity index (χ0v) is 20.2. The van der Waals surface area contributed by atoms with Crippen molar-refractivity contribution in [3.05, 3.63) is 60.7 Å². The van der Waals surface area contributed by atoms with Crippen molar-refractivity contribution in [2.75, 3.05) is 41.9 Å². The van der Waals surface area contributed by atoms with Crippen molar-refractivity contribution in [2.24, 2.45) is 0 Å². The van der Waals surface area contributed by atoms with E-state index in [2.05, 4.69) is 31.8 Å². The molecule has 1 aliphatic heterocycles. The molecule has 1 aliphatic carbocycles. The Kier molecular flexibility index (Phi) is 7.46. The predicted molar refractivity (Wildman–Crippen MR) is 136 cm³/mol. The minimum absolute atomic E-state index is 0.124. The number of nitrogens with zero attached hydrogens (tertiary/aromatic N) is 5. The minimum atomic E-state index is 0.124.